The van der Waals surface area contributed by atoms with Crippen molar-refractivity contribution in [2.45, 2.75) is 103 Å². The summed E-state index contributed by atoms with van der Waals surface area (Å²) in [6.07, 6.45) is 6.82. The number of rotatable bonds is 4. The molecular formula is C20H38O3Si2. The maximum atomic E-state index is 11.0. The second-order valence-electron chi connectivity index (χ2n) is 10.3. The first-order valence-corrected chi connectivity index (χ1v) is 15.0. The number of aliphatic hydroxyl groups excluding tert-OH is 1. The molecule has 0 fully saturated rings. The van der Waals surface area contributed by atoms with Crippen molar-refractivity contribution in [3.8, 4) is 12.3 Å². The molecular weight excluding hydrogens is 344 g/mol. The van der Waals surface area contributed by atoms with E-state index in [1.165, 1.54) is 0 Å². The molecule has 0 saturated carbocycles. The smallest absolute Gasteiger partial charge is 0.193 e. The molecule has 1 aliphatic carbocycles. The van der Waals surface area contributed by atoms with E-state index in [4.69, 9.17) is 15.3 Å². The Bertz CT molecular complexity index is 545. The summed E-state index contributed by atoms with van der Waals surface area (Å²) in [6, 6.07) is 0. The first-order valence-electron chi connectivity index (χ1n) is 9.23. The molecule has 0 amide bonds. The summed E-state index contributed by atoms with van der Waals surface area (Å²) in [7, 11) is -4.02. The molecule has 144 valence electrons. The molecule has 0 bridgehead atoms. The van der Waals surface area contributed by atoms with Gasteiger partial charge in [-0.2, -0.15) is 0 Å². The molecule has 0 aromatic rings. The van der Waals surface area contributed by atoms with E-state index in [1.807, 2.05) is 6.08 Å². The van der Waals surface area contributed by atoms with Crippen LogP contribution < -0.4 is 0 Å². The largest absolute Gasteiger partial charge is 0.411 e. The van der Waals surface area contributed by atoms with E-state index in [1.54, 1.807) is 0 Å². The summed E-state index contributed by atoms with van der Waals surface area (Å²) >= 11 is 0. The van der Waals surface area contributed by atoms with E-state index in [0.29, 0.717) is 6.42 Å². The van der Waals surface area contributed by atoms with Crippen LogP contribution in [0.3, 0.4) is 0 Å². The fraction of sp³-hybridized carbons (Fsp3) is 0.800. The van der Waals surface area contributed by atoms with Crippen LogP contribution in [0.15, 0.2) is 11.6 Å². The number of aliphatic hydroxyl groups is 1. The highest BCUT2D eigenvalue weighted by Crippen LogP contribution is 2.41. The third-order valence-corrected chi connectivity index (χ3v) is 15.2. The van der Waals surface area contributed by atoms with E-state index in [-0.39, 0.29) is 16.2 Å². The molecule has 1 N–H and O–H groups in total. The zero-order valence-electron chi connectivity index (χ0n) is 17.9. The van der Waals surface area contributed by atoms with Crippen molar-refractivity contribution in [2.75, 3.05) is 0 Å². The SMILES string of the molecule is C#CC1=C[C@@H](O[Si](C)(C)C(C)(C)C)[C@@H](O)[C@H](O[Si](C)(C)C(C)(C)C)C1. The molecule has 1 aliphatic rings. The van der Waals surface area contributed by atoms with Gasteiger partial charge in [0.25, 0.3) is 0 Å². The van der Waals surface area contributed by atoms with E-state index >= 15 is 0 Å². The van der Waals surface area contributed by atoms with Gasteiger partial charge in [-0.3, -0.25) is 0 Å². The van der Waals surface area contributed by atoms with Crippen LogP contribution in [0.4, 0.5) is 0 Å². The fourth-order valence-corrected chi connectivity index (χ4v) is 4.88. The average molecular weight is 383 g/mol. The molecule has 0 radical (unpaired) electrons. The van der Waals surface area contributed by atoms with Crippen molar-refractivity contribution in [1.82, 2.24) is 0 Å². The van der Waals surface area contributed by atoms with Gasteiger partial charge in [-0.15, -0.1) is 6.42 Å². The lowest BCUT2D eigenvalue weighted by molar-refractivity contribution is -0.0361. The third-order valence-electron chi connectivity index (χ3n) is 6.18. The van der Waals surface area contributed by atoms with Crippen molar-refractivity contribution in [2.24, 2.45) is 0 Å². The Hall–Kier alpha value is -0.386. The summed E-state index contributed by atoms with van der Waals surface area (Å²) < 4.78 is 13.0. The summed E-state index contributed by atoms with van der Waals surface area (Å²) in [5.74, 6) is 2.75. The van der Waals surface area contributed by atoms with Crippen LogP contribution in [0.1, 0.15) is 48.0 Å². The summed E-state index contributed by atoms with van der Waals surface area (Å²) in [6.45, 7) is 22.0. The van der Waals surface area contributed by atoms with Crippen molar-refractivity contribution in [3.05, 3.63) is 11.6 Å². The maximum absolute atomic E-state index is 11.0. The second kappa shape index (κ2) is 7.32. The Morgan fingerprint density at radius 3 is 1.84 bits per heavy atom. The first-order chi connectivity index (χ1) is 11.0. The third kappa shape index (κ3) is 5.30. The topological polar surface area (TPSA) is 38.7 Å². The van der Waals surface area contributed by atoms with Crippen molar-refractivity contribution in [1.29, 1.82) is 0 Å². The standard InChI is InChI=1S/C20H38O3Si2/c1-12-15-13-16(22-24(8,9)19(2,3)4)18(21)17(14-15)23-25(10,11)20(5,6)7/h1,13,16-18,21H,14H2,2-11H3/t16-,17-,18-/m1/s1. The zero-order chi connectivity index (χ0) is 19.8. The average Bonchev–Trinajstić information content (AvgIpc) is 2.39. The molecule has 0 spiro atoms. The molecule has 0 aromatic carbocycles. The Morgan fingerprint density at radius 1 is 1.00 bits per heavy atom. The maximum Gasteiger partial charge on any atom is 0.193 e. The lowest BCUT2D eigenvalue weighted by Gasteiger charge is -2.45. The van der Waals surface area contributed by atoms with Gasteiger partial charge in [0.1, 0.15) is 6.10 Å². The first kappa shape index (κ1) is 22.7. The molecule has 1 rings (SSSR count). The Labute approximate surface area is 157 Å². The van der Waals surface area contributed by atoms with Crippen LogP contribution in [-0.4, -0.2) is 40.1 Å². The lowest BCUT2D eigenvalue weighted by atomic mass is 9.93. The summed E-state index contributed by atoms with van der Waals surface area (Å²) in [5, 5.41) is 11.1. The van der Waals surface area contributed by atoms with Gasteiger partial charge in [0.2, 0.25) is 0 Å². The van der Waals surface area contributed by atoms with Gasteiger partial charge in [-0.1, -0.05) is 47.5 Å². The lowest BCUT2D eigenvalue weighted by Crippen LogP contribution is -2.54. The zero-order valence-corrected chi connectivity index (χ0v) is 19.9. The van der Waals surface area contributed by atoms with Gasteiger partial charge >= 0.3 is 0 Å². The normalized spacial score (nSPS) is 26.2. The van der Waals surface area contributed by atoms with E-state index in [9.17, 15) is 5.11 Å². The van der Waals surface area contributed by atoms with Crippen molar-refractivity contribution in [3.63, 3.8) is 0 Å². The van der Waals surface area contributed by atoms with Gasteiger partial charge in [0.05, 0.1) is 12.2 Å². The molecule has 3 atom stereocenters. The predicted molar refractivity (Wildman–Crippen MR) is 112 cm³/mol. The summed E-state index contributed by atoms with van der Waals surface area (Å²) in [5.41, 5.74) is 0.873. The molecule has 3 nitrogen and oxygen atoms in total. The van der Waals surface area contributed by atoms with Crippen molar-refractivity contribution < 1.29 is 14.0 Å². The highest BCUT2D eigenvalue weighted by atomic mass is 28.4. The van der Waals surface area contributed by atoms with E-state index in [2.05, 4.69) is 73.7 Å². The molecule has 0 saturated heterocycles. The van der Waals surface area contributed by atoms with Crippen LogP contribution in [0.25, 0.3) is 0 Å². The van der Waals surface area contributed by atoms with Gasteiger partial charge < -0.3 is 14.0 Å². The minimum absolute atomic E-state index is 0.0735. The second-order valence-corrected chi connectivity index (χ2v) is 19.8. The minimum atomic E-state index is -2.02. The molecule has 25 heavy (non-hydrogen) atoms. The molecule has 0 aliphatic heterocycles. The molecule has 0 unspecified atom stereocenters. The Balaban J connectivity index is 3.08. The Kier molecular flexibility index (Phi) is 6.63. The summed E-state index contributed by atoms with van der Waals surface area (Å²) in [4.78, 5) is 0. The van der Waals surface area contributed by atoms with Gasteiger partial charge in [-0.05, 0) is 42.3 Å². The number of hydrogen-bond donors (Lipinski definition) is 1. The van der Waals surface area contributed by atoms with Crippen LogP contribution in [-0.2, 0) is 8.85 Å². The van der Waals surface area contributed by atoms with Gasteiger partial charge in [0, 0.05) is 12.0 Å². The fourth-order valence-electron chi connectivity index (χ4n) is 2.31. The van der Waals surface area contributed by atoms with Crippen molar-refractivity contribution >= 4 is 16.6 Å². The van der Waals surface area contributed by atoms with Crippen LogP contribution in [0, 0.1) is 12.3 Å². The molecule has 5 heteroatoms. The number of hydrogen-bond acceptors (Lipinski definition) is 3. The monoisotopic (exact) mass is 382 g/mol. The minimum Gasteiger partial charge on any atom is -0.411 e. The molecule has 0 aromatic heterocycles. The van der Waals surface area contributed by atoms with E-state index in [0.717, 1.165) is 5.57 Å². The highest BCUT2D eigenvalue weighted by Gasteiger charge is 2.46. The highest BCUT2D eigenvalue weighted by molar-refractivity contribution is 6.74. The number of terminal acetylenes is 1. The van der Waals surface area contributed by atoms with Crippen LogP contribution in [0.2, 0.25) is 36.3 Å². The van der Waals surface area contributed by atoms with Crippen LogP contribution >= 0.6 is 0 Å². The van der Waals surface area contributed by atoms with Gasteiger partial charge in [0.15, 0.2) is 16.6 Å². The quantitative estimate of drug-likeness (QED) is 0.543. The van der Waals surface area contributed by atoms with Crippen LogP contribution in [0.5, 0.6) is 0 Å². The predicted octanol–water partition coefficient (Wildman–Crippen LogP) is 5.09. The Morgan fingerprint density at radius 2 is 1.44 bits per heavy atom. The molecule has 0 heterocycles. The van der Waals surface area contributed by atoms with Gasteiger partial charge in [-0.25, -0.2) is 0 Å². The van der Waals surface area contributed by atoms with E-state index < -0.39 is 28.8 Å².